The number of unbranched alkanes of at least 4 members (excludes halogenated alkanes) is 1. The first-order chi connectivity index (χ1) is 34.9. The van der Waals surface area contributed by atoms with E-state index in [1.165, 1.54) is 0 Å². The van der Waals surface area contributed by atoms with Gasteiger partial charge in [-0.05, 0) is 62.7 Å². The Kier molecular flexibility index (Phi) is 26.7. The molecular weight excluding hydrogens is 971 g/mol. The highest BCUT2D eigenvalue weighted by atomic mass is 31.1. The van der Waals surface area contributed by atoms with Crippen molar-refractivity contribution in [1.82, 2.24) is 21.3 Å². The Labute approximate surface area is 420 Å². The molecule has 0 heterocycles. The number of carboxylic acids is 4. The summed E-state index contributed by atoms with van der Waals surface area (Å²) in [6.07, 6.45) is -0.0500. The highest BCUT2D eigenvalue weighted by Crippen LogP contribution is 2.53. The number of urea groups is 1. The number of hydrogen-bond donors (Lipinski definition) is 8. The molecule has 4 amide bonds. The highest BCUT2D eigenvalue weighted by molar-refractivity contribution is 7.82. The van der Waals surface area contributed by atoms with Crippen LogP contribution in [0.4, 0.5) is 4.79 Å². The average molecular weight is 1030 g/mol. The third-order valence-electron chi connectivity index (χ3n) is 10.4. The highest BCUT2D eigenvalue weighted by Gasteiger charge is 2.36. The normalized spacial score (nSPS) is 12.3. The fourth-order valence-corrected chi connectivity index (χ4v) is 12.1. The van der Waals surface area contributed by atoms with Crippen LogP contribution in [-0.4, -0.2) is 140 Å². The van der Waals surface area contributed by atoms with Gasteiger partial charge in [0.25, 0.3) is 5.91 Å². The SMILES string of the molecule is O=C(O)CC[C@H](NC(=O)N[C@@H](CCCCNC(=O)CCOCCOCCOCCOCCNC(=O)/C(=C(\C(=O)O)P(c1ccccc1)c1ccccc1)P(c1ccccc1)c1ccccc1)C(=O)O)C(=O)O. The zero-order chi connectivity index (χ0) is 51.9. The lowest BCUT2D eigenvalue weighted by atomic mass is 10.1. The molecule has 4 aromatic rings. The fraction of sp³-hybridized carbons (Fsp3) is 0.353. The minimum Gasteiger partial charge on any atom is -0.481 e. The predicted octanol–water partition coefficient (Wildman–Crippen LogP) is 3.48. The molecule has 72 heavy (non-hydrogen) atoms. The number of amides is 4. The number of hydrogen-bond acceptors (Lipinski definition) is 11. The van der Waals surface area contributed by atoms with Gasteiger partial charge >= 0.3 is 29.9 Å². The Morgan fingerprint density at radius 2 is 0.847 bits per heavy atom. The van der Waals surface area contributed by atoms with Crippen LogP contribution in [0.1, 0.15) is 38.5 Å². The van der Waals surface area contributed by atoms with Crippen molar-refractivity contribution in [2.45, 2.75) is 50.6 Å². The van der Waals surface area contributed by atoms with Crippen molar-refractivity contribution >= 4 is 78.8 Å². The van der Waals surface area contributed by atoms with Gasteiger partial charge in [0, 0.05) is 25.9 Å². The lowest BCUT2D eigenvalue weighted by Crippen LogP contribution is -2.51. The predicted molar refractivity (Wildman–Crippen MR) is 272 cm³/mol. The largest absolute Gasteiger partial charge is 0.481 e. The molecule has 8 N–H and O–H groups in total. The van der Waals surface area contributed by atoms with E-state index >= 15 is 0 Å². The maximum Gasteiger partial charge on any atom is 0.337 e. The van der Waals surface area contributed by atoms with Gasteiger partial charge in [0.15, 0.2) is 0 Å². The van der Waals surface area contributed by atoms with Crippen molar-refractivity contribution in [2.75, 3.05) is 65.9 Å². The van der Waals surface area contributed by atoms with E-state index in [0.717, 1.165) is 21.2 Å². The summed E-state index contributed by atoms with van der Waals surface area (Å²) in [5.74, 6) is -5.95. The quantitative estimate of drug-likeness (QED) is 0.0186. The summed E-state index contributed by atoms with van der Waals surface area (Å²) in [5, 5.41) is 52.0. The molecule has 0 aromatic heterocycles. The number of carbonyl (C=O) groups excluding carboxylic acids is 3. The molecule has 0 aliphatic heterocycles. The molecule has 0 bridgehead atoms. The van der Waals surface area contributed by atoms with E-state index < -0.39 is 70.2 Å². The van der Waals surface area contributed by atoms with Gasteiger partial charge in [0.1, 0.15) is 12.1 Å². The Balaban J connectivity index is 1.14. The molecule has 0 unspecified atom stereocenters. The number of carbonyl (C=O) groups is 7. The molecule has 0 radical (unpaired) electrons. The summed E-state index contributed by atoms with van der Waals surface area (Å²) in [7, 11) is -3.31. The van der Waals surface area contributed by atoms with Crippen LogP contribution in [0.3, 0.4) is 0 Å². The van der Waals surface area contributed by atoms with E-state index in [1.807, 2.05) is 121 Å². The summed E-state index contributed by atoms with van der Waals surface area (Å²) < 4.78 is 22.3. The van der Waals surface area contributed by atoms with E-state index in [2.05, 4.69) is 21.3 Å². The molecule has 4 rings (SSSR count). The Morgan fingerprint density at radius 3 is 1.26 bits per heavy atom. The average Bonchev–Trinajstić information content (AvgIpc) is 3.37. The molecule has 0 saturated carbocycles. The summed E-state index contributed by atoms with van der Waals surface area (Å²) in [5.41, 5.74) is 0. The molecule has 0 aliphatic rings. The Morgan fingerprint density at radius 1 is 0.444 bits per heavy atom. The monoisotopic (exact) mass is 1030 g/mol. The number of ether oxygens (including phenoxy) is 4. The second-order valence-electron chi connectivity index (χ2n) is 15.6. The molecule has 386 valence electrons. The van der Waals surface area contributed by atoms with E-state index in [1.54, 1.807) is 0 Å². The molecule has 19 nitrogen and oxygen atoms in total. The Bertz CT molecular complexity index is 2270. The van der Waals surface area contributed by atoms with Gasteiger partial charge in [-0.25, -0.2) is 19.2 Å². The molecular formula is C51H62N4O15P2. The topological polar surface area (TPSA) is 285 Å². The van der Waals surface area contributed by atoms with Crippen LogP contribution in [0.25, 0.3) is 0 Å². The van der Waals surface area contributed by atoms with Crippen LogP contribution >= 0.6 is 15.8 Å². The summed E-state index contributed by atoms with van der Waals surface area (Å²) in [6.45, 7) is 2.29. The minimum absolute atomic E-state index is 0.00729. The van der Waals surface area contributed by atoms with Gasteiger partial charge in [-0.1, -0.05) is 121 Å². The zero-order valence-corrected chi connectivity index (χ0v) is 41.5. The van der Waals surface area contributed by atoms with Gasteiger partial charge in [-0.2, -0.15) is 0 Å². The third-order valence-corrected chi connectivity index (χ3v) is 15.5. The van der Waals surface area contributed by atoms with E-state index in [9.17, 15) is 48.9 Å². The van der Waals surface area contributed by atoms with Gasteiger partial charge in [-0.15, -0.1) is 0 Å². The molecule has 0 fully saturated rings. The van der Waals surface area contributed by atoms with E-state index in [-0.39, 0.29) is 88.5 Å². The van der Waals surface area contributed by atoms with Gasteiger partial charge in [0.2, 0.25) is 5.91 Å². The Hall–Kier alpha value is -6.59. The second kappa shape index (κ2) is 33.1. The lowest BCUT2D eigenvalue weighted by molar-refractivity contribution is -0.141. The fourth-order valence-electron chi connectivity index (χ4n) is 6.92. The number of benzene rings is 4. The van der Waals surface area contributed by atoms with Crippen molar-refractivity contribution in [2.24, 2.45) is 0 Å². The van der Waals surface area contributed by atoms with Crippen molar-refractivity contribution in [3.8, 4) is 0 Å². The van der Waals surface area contributed by atoms with Crippen molar-refractivity contribution in [1.29, 1.82) is 0 Å². The summed E-state index contributed by atoms with van der Waals surface area (Å²) in [6, 6.07) is 34.0. The summed E-state index contributed by atoms with van der Waals surface area (Å²) in [4.78, 5) is 86.2. The smallest absolute Gasteiger partial charge is 0.337 e. The van der Waals surface area contributed by atoms with Crippen LogP contribution in [0.2, 0.25) is 0 Å². The first-order valence-corrected chi connectivity index (χ1v) is 25.9. The number of rotatable bonds is 35. The van der Waals surface area contributed by atoms with Crippen LogP contribution < -0.4 is 42.5 Å². The van der Waals surface area contributed by atoms with E-state index in [0.29, 0.717) is 26.1 Å². The second-order valence-corrected chi connectivity index (χ2v) is 20.0. The van der Waals surface area contributed by atoms with Crippen molar-refractivity contribution in [3.05, 3.63) is 132 Å². The molecule has 0 spiro atoms. The van der Waals surface area contributed by atoms with Crippen LogP contribution in [0, 0.1) is 0 Å². The zero-order valence-electron chi connectivity index (χ0n) is 39.7. The number of carboxylic acid groups (broad SMARTS) is 4. The van der Waals surface area contributed by atoms with Crippen molar-refractivity contribution in [3.63, 3.8) is 0 Å². The third kappa shape index (κ3) is 21.0. The standard InChI is InChI=1S/C51H62N4O15P2/c56-43(52-27-14-13-23-41(48(60)61)54-51(66)55-42(49(62)63)24-25-44(57)58)26-29-67-31-33-69-35-36-70-34-32-68-30-28-53-47(59)45(71(37-15-5-1-6-16-37)38-17-7-2-8-18-38)46(50(64)65)72(39-19-9-3-10-20-39)40-21-11-4-12-22-40/h1-12,15-22,41-42H,13-14,23-36H2,(H,52,56)(H,53,59)(H,57,58)(H,60,61)(H,62,63)(H,64,65)(H2,54,55,66)/b46-45-/t41-,42-/m0/s1. The molecule has 2 atom stereocenters. The van der Waals surface area contributed by atoms with Gasteiger partial charge in [-0.3, -0.25) is 14.4 Å². The summed E-state index contributed by atoms with van der Waals surface area (Å²) >= 11 is 0. The maximum absolute atomic E-state index is 14.6. The first kappa shape index (κ1) is 58.0. The van der Waals surface area contributed by atoms with Gasteiger partial charge < -0.3 is 60.6 Å². The maximum atomic E-state index is 14.6. The number of nitrogens with one attached hydrogen (secondary N) is 4. The van der Waals surface area contributed by atoms with E-state index in [4.69, 9.17) is 24.1 Å². The van der Waals surface area contributed by atoms with Crippen LogP contribution in [-0.2, 0) is 47.7 Å². The number of aliphatic carboxylic acids is 4. The molecule has 4 aromatic carbocycles. The van der Waals surface area contributed by atoms with Crippen LogP contribution in [0.5, 0.6) is 0 Å². The van der Waals surface area contributed by atoms with Gasteiger partial charge in [0.05, 0.1) is 63.5 Å². The molecule has 21 heteroatoms. The minimum atomic E-state index is -1.67. The first-order valence-electron chi connectivity index (χ1n) is 23.3. The van der Waals surface area contributed by atoms with Crippen molar-refractivity contribution < 1.29 is 72.9 Å². The molecule has 0 saturated heterocycles. The van der Waals surface area contributed by atoms with Crippen LogP contribution in [0.15, 0.2) is 132 Å². The lowest BCUT2D eigenvalue weighted by Gasteiger charge is -2.28. The molecule has 0 aliphatic carbocycles.